The first-order valence-electron chi connectivity index (χ1n) is 6.13. The molecule has 0 amide bonds. The van der Waals surface area contributed by atoms with E-state index in [-0.39, 0.29) is 5.78 Å². The number of carbonyl (C=O) groups is 1. The molecule has 17 heavy (non-hydrogen) atoms. The molecule has 1 atom stereocenters. The van der Waals surface area contributed by atoms with Gasteiger partial charge in [-0.25, -0.2) is 0 Å². The lowest BCUT2D eigenvalue weighted by atomic mass is 9.85. The van der Waals surface area contributed by atoms with Gasteiger partial charge in [-0.2, -0.15) is 0 Å². The summed E-state index contributed by atoms with van der Waals surface area (Å²) in [6.07, 6.45) is 4.35. The van der Waals surface area contributed by atoms with E-state index in [0.717, 1.165) is 24.8 Å². The summed E-state index contributed by atoms with van der Waals surface area (Å²) in [7, 11) is 1.60. The Morgan fingerprint density at radius 1 is 1.35 bits per heavy atom. The highest BCUT2D eigenvalue weighted by Crippen LogP contribution is 2.31. The molecule has 1 aliphatic carbocycles. The number of methoxy groups -OCH3 is 1. The number of Topliss-reactive ketones (excluding diaryl/α,β-unsaturated/α-hetero) is 1. The molecular formula is C14H19NO2. The Hall–Kier alpha value is -1.35. The smallest absolute Gasteiger partial charge is 0.183 e. The Morgan fingerprint density at radius 3 is 2.71 bits per heavy atom. The van der Waals surface area contributed by atoms with E-state index in [1.165, 1.54) is 12.0 Å². The normalized spacial score (nSPS) is 16.2. The van der Waals surface area contributed by atoms with Gasteiger partial charge in [0.1, 0.15) is 5.75 Å². The zero-order valence-corrected chi connectivity index (χ0v) is 10.5. The van der Waals surface area contributed by atoms with Crippen molar-refractivity contribution in [2.45, 2.75) is 38.6 Å². The molecule has 0 radical (unpaired) electrons. The third-order valence-electron chi connectivity index (χ3n) is 3.37. The summed E-state index contributed by atoms with van der Waals surface area (Å²) in [6.45, 7) is 1.73. The van der Waals surface area contributed by atoms with Gasteiger partial charge in [-0.05, 0) is 49.8 Å². The van der Waals surface area contributed by atoms with Gasteiger partial charge in [-0.1, -0.05) is 6.07 Å². The summed E-state index contributed by atoms with van der Waals surface area (Å²) in [5.41, 5.74) is 8.86. The molecule has 0 bridgehead atoms. The number of aryl methyl sites for hydroxylation is 1. The lowest BCUT2D eigenvalue weighted by Crippen LogP contribution is -2.28. The van der Waals surface area contributed by atoms with Gasteiger partial charge in [-0.3, -0.25) is 4.79 Å². The summed E-state index contributed by atoms with van der Waals surface area (Å²) in [5, 5.41) is 0. The average Bonchev–Trinajstić information content (AvgIpc) is 2.36. The van der Waals surface area contributed by atoms with Crippen molar-refractivity contribution < 1.29 is 9.53 Å². The van der Waals surface area contributed by atoms with Crippen molar-refractivity contribution in [3.8, 4) is 5.75 Å². The van der Waals surface area contributed by atoms with E-state index in [0.29, 0.717) is 11.3 Å². The van der Waals surface area contributed by atoms with Gasteiger partial charge in [0.25, 0.3) is 0 Å². The fourth-order valence-electron chi connectivity index (χ4n) is 2.47. The number of ketones is 1. The van der Waals surface area contributed by atoms with E-state index >= 15 is 0 Å². The summed E-state index contributed by atoms with van der Waals surface area (Å²) < 4.78 is 5.31. The second-order valence-electron chi connectivity index (χ2n) is 4.64. The van der Waals surface area contributed by atoms with Crippen LogP contribution in [0.3, 0.4) is 0 Å². The van der Waals surface area contributed by atoms with Crippen molar-refractivity contribution >= 4 is 5.78 Å². The zero-order valence-electron chi connectivity index (χ0n) is 10.5. The molecule has 2 N–H and O–H groups in total. The van der Waals surface area contributed by atoms with Crippen LogP contribution in [0, 0.1) is 0 Å². The van der Waals surface area contributed by atoms with Crippen LogP contribution in [0.5, 0.6) is 5.75 Å². The average molecular weight is 233 g/mol. The van der Waals surface area contributed by atoms with Crippen molar-refractivity contribution in [1.82, 2.24) is 0 Å². The van der Waals surface area contributed by atoms with Crippen molar-refractivity contribution in [2.75, 3.05) is 7.11 Å². The Labute approximate surface area is 102 Å². The Bertz CT molecular complexity index is 438. The first kappa shape index (κ1) is 12.1. The van der Waals surface area contributed by atoms with Gasteiger partial charge in [0.05, 0.1) is 18.7 Å². The lowest BCUT2D eigenvalue weighted by molar-refractivity contribution is 0.0963. The van der Waals surface area contributed by atoms with E-state index < -0.39 is 6.04 Å². The van der Waals surface area contributed by atoms with Crippen LogP contribution < -0.4 is 10.5 Å². The SMILES string of the molecule is COc1ccc2c(c1C(=O)C(C)N)CCCC2. The zero-order chi connectivity index (χ0) is 12.4. The quantitative estimate of drug-likeness (QED) is 0.813. The van der Waals surface area contributed by atoms with Gasteiger partial charge in [0.15, 0.2) is 5.78 Å². The van der Waals surface area contributed by atoms with Crippen LogP contribution in [-0.2, 0) is 12.8 Å². The van der Waals surface area contributed by atoms with Crippen LogP contribution in [0.25, 0.3) is 0 Å². The molecule has 92 valence electrons. The number of hydrogen-bond donors (Lipinski definition) is 1. The Balaban J connectivity index is 2.56. The maximum atomic E-state index is 12.2. The summed E-state index contributed by atoms with van der Waals surface area (Å²) >= 11 is 0. The molecule has 0 heterocycles. The first-order valence-corrected chi connectivity index (χ1v) is 6.13. The summed E-state index contributed by atoms with van der Waals surface area (Å²) in [4.78, 5) is 12.2. The van der Waals surface area contributed by atoms with Gasteiger partial charge >= 0.3 is 0 Å². The minimum Gasteiger partial charge on any atom is -0.496 e. The second kappa shape index (κ2) is 4.88. The van der Waals surface area contributed by atoms with Crippen LogP contribution in [0.15, 0.2) is 12.1 Å². The van der Waals surface area contributed by atoms with Crippen LogP contribution in [0.2, 0.25) is 0 Å². The predicted molar refractivity (Wildman–Crippen MR) is 67.6 cm³/mol. The van der Waals surface area contributed by atoms with E-state index in [2.05, 4.69) is 6.07 Å². The van der Waals surface area contributed by atoms with Gasteiger partial charge in [0.2, 0.25) is 0 Å². The maximum Gasteiger partial charge on any atom is 0.183 e. The molecule has 2 rings (SSSR count). The molecule has 0 aromatic heterocycles. The molecule has 1 aromatic carbocycles. The molecule has 0 aliphatic heterocycles. The molecule has 3 heteroatoms. The van der Waals surface area contributed by atoms with Gasteiger partial charge in [-0.15, -0.1) is 0 Å². The van der Waals surface area contributed by atoms with Crippen LogP contribution in [-0.4, -0.2) is 18.9 Å². The molecular weight excluding hydrogens is 214 g/mol. The van der Waals surface area contributed by atoms with Gasteiger partial charge in [0, 0.05) is 0 Å². The summed E-state index contributed by atoms with van der Waals surface area (Å²) in [6, 6.07) is 3.49. The number of nitrogens with two attached hydrogens (primary N) is 1. The second-order valence-corrected chi connectivity index (χ2v) is 4.64. The monoisotopic (exact) mass is 233 g/mol. The highest BCUT2D eigenvalue weighted by Gasteiger charge is 2.23. The highest BCUT2D eigenvalue weighted by molar-refractivity contribution is 6.03. The largest absolute Gasteiger partial charge is 0.496 e. The lowest BCUT2D eigenvalue weighted by Gasteiger charge is -2.21. The third-order valence-corrected chi connectivity index (χ3v) is 3.37. The fraction of sp³-hybridized carbons (Fsp3) is 0.500. The molecule has 0 spiro atoms. The van der Waals surface area contributed by atoms with Gasteiger partial charge < -0.3 is 10.5 Å². The van der Waals surface area contributed by atoms with Crippen molar-refractivity contribution in [1.29, 1.82) is 0 Å². The van der Waals surface area contributed by atoms with Crippen molar-refractivity contribution in [3.05, 3.63) is 28.8 Å². The number of benzene rings is 1. The number of rotatable bonds is 3. The van der Waals surface area contributed by atoms with Crippen LogP contribution >= 0.6 is 0 Å². The molecule has 0 saturated heterocycles. The van der Waals surface area contributed by atoms with Crippen molar-refractivity contribution in [2.24, 2.45) is 5.73 Å². The molecule has 1 aliphatic rings. The molecule has 0 fully saturated rings. The number of carbonyl (C=O) groups excluding carboxylic acids is 1. The molecule has 0 saturated carbocycles. The Kier molecular flexibility index (Phi) is 3.48. The predicted octanol–water partition coefficient (Wildman–Crippen LogP) is 2.10. The standard InChI is InChI=1S/C14H19NO2/c1-9(15)14(16)13-11-6-4-3-5-10(11)7-8-12(13)17-2/h7-9H,3-6,15H2,1-2H3. The number of fused-ring (bicyclic) bond motifs is 1. The Morgan fingerprint density at radius 2 is 2.06 bits per heavy atom. The minimum atomic E-state index is -0.475. The van der Waals surface area contributed by atoms with Crippen LogP contribution in [0.4, 0.5) is 0 Å². The van der Waals surface area contributed by atoms with E-state index in [9.17, 15) is 4.79 Å². The highest BCUT2D eigenvalue weighted by atomic mass is 16.5. The number of hydrogen-bond acceptors (Lipinski definition) is 3. The van der Waals surface area contributed by atoms with E-state index in [4.69, 9.17) is 10.5 Å². The van der Waals surface area contributed by atoms with E-state index in [1.54, 1.807) is 14.0 Å². The minimum absolute atomic E-state index is 0.0133. The summed E-state index contributed by atoms with van der Waals surface area (Å²) in [5.74, 6) is 0.647. The fourth-order valence-corrected chi connectivity index (χ4v) is 2.47. The topological polar surface area (TPSA) is 52.3 Å². The molecule has 1 unspecified atom stereocenters. The number of ether oxygens (including phenoxy) is 1. The van der Waals surface area contributed by atoms with E-state index in [1.807, 2.05) is 6.07 Å². The molecule has 3 nitrogen and oxygen atoms in total. The van der Waals surface area contributed by atoms with Crippen molar-refractivity contribution in [3.63, 3.8) is 0 Å². The van der Waals surface area contributed by atoms with Crippen LogP contribution in [0.1, 0.15) is 41.3 Å². The third kappa shape index (κ3) is 2.20. The molecule has 1 aromatic rings. The maximum absolute atomic E-state index is 12.2. The first-order chi connectivity index (χ1) is 8.15.